The van der Waals surface area contributed by atoms with E-state index in [-0.39, 0.29) is 13.1 Å². The molecular weight excluding hydrogens is 188 g/mol. The zero-order chi connectivity index (χ0) is 11.1. The number of carbonyl (C=O) groups is 3. The van der Waals surface area contributed by atoms with Crippen molar-refractivity contribution >= 4 is 17.8 Å². The molecule has 0 aliphatic carbocycles. The maximum Gasteiger partial charge on any atom is 0.323 e. The summed E-state index contributed by atoms with van der Waals surface area (Å²) in [4.78, 5) is 33.0. The molecule has 0 unspecified atom stereocenters. The zero-order valence-corrected chi connectivity index (χ0v) is 7.82. The lowest BCUT2D eigenvalue weighted by molar-refractivity contribution is -0.143. The van der Waals surface area contributed by atoms with Crippen molar-refractivity contribution in [1.29, 1.82) is 0 Å². The SMILES string of the molecule is C=CC(=O)NCC(=O)N(C)CC(=O)O. The molecule has 0 aromatic carbocycles. The van der Waals surface area contributed by atoms with Gasteiger partial charge in [-0.05, 0) is 6.08 Å². The molecule has 0 radical (unpaired) electrons. The Labute approximate surface area is 81.2 Å². The quantitative estimate of drug-likeness (QED) is 0.547. The topological polar surface area (TPSA) is 86.7 Å². The zero-order valence-electron chi connectivity index (χ0n) is 7.82. The first-order chi connectivity index (χ1) is 6.47. The van der Waals surface area contributed by atoms with E-state index in [1.807, 2.05) is 0 Å². The Balaban J connectivity index is 3.89. The summed E-state index contributed by atoms with van der Waals surface area (Å²) < 4.78 is 0. The number of carboxylic acid groups (broad SMARTS) is 1. The van der Waals surface area contributed by atoms with Gasteiger partial charge in [-0.15, -0.1) is 0 Å². The van der Waals surface area contributed by atoms with Crippen LogP contribution in [0.1, 0.15) is 0 Å². The molecule has 0 saturated heterocycles. The molecule has 0 fully saturated rings. The van der Waals surface area contributed by atoms with Crippen LogP contribution in [0.5, 0.6) is 0 Å². The number of hydrogen-bond donors (Lipinski definition) is 2. The lowest BCUT2D eigenvalue weighted by atomic mass is 10.4. The number of amides is 2. The molecule has 2 N–H and O–H groups in total. The highest BCUT2D eigenvalue weighted by Crippen LogP contribution is 1.83. The molecule has 0 saturated carbocycles. The molecule has 0 aromatic rings. The number of nitrogens with one attached hydrogen (secondary N) is 1. The van der Waals surface area contributed by atoms with Gasteiger partial charge in [-0.3, -0.25) is 14.4 Å². The maximum absolute atomic E-state index is 11.1. The van der Waals surface area contributed by atoms with Gasteiger partial charge in [0.2, 0.25) is 11.8 Å². The summed E-state index contributed by atoms with van der Waals surface area (Å²) in [5.74, 6) is -2.04. The van der Waals surface area contributed by atoms with Crippen molar-refractivity contribution < 1.29 is 19.5 Å². The summed E-state index contributed by atoms with van der Waals surface area (Å²) in [7, 11) is 1.34. The van der Waals surface area contributed by atoms with Gasteiger partial charge >= 0.3 is 5.97 Å². The van der Waals surface area contributed by atoms with E-state index in [1.165, 1.54) is 7.05 Å². The van der Waals surface area contributed by atoms with Crippen molar-refractivity contribution in [2.75, 3.05) is 20.1 Å². The van der Waals surface area contributed by atoms with Crippen molar-refractivity contribution in [2.24, 2.45) is 0 Å². The number of rotatable bonds is 5. The molecule has 78 valence electrons. The third kappa shape index (κ3) is 4.91. The molecule has 0 rings (SSSR count). The fraction of sp³-hybridized carbons (Fsp3) is 0.375. The highest BCUT2D eigenvalue weighted by atomic mass is 16.4. The van der Waals surface area contributed by atoms with Gasteiger partial charge in [0, 0.05) is 7.05 Å². The molecule has 0 aromatic heterocycles. The average Bonchev–Trinajstić information content (AvgIpc) is 2.12. The fourth-order valence-electron chi connectivity index (χ4n) is 0.661. The second kappa shape index (κ2) is 5.74. The number of hydrogen-bond acceptors (Lipinski definition) is 3. The van der Waals surface area contributed by atoms with Crippen LogP contribution in [0.2, 0.25) is 0 Å². The van der Waals surface area contributed by atoms with Crippen LogP contribution in [0, 0.1) is 0 Å². The van der Waals surface area contributed by atoms with Crippen molar-refractivity contribution in [3.8, 4) is 0 Å². The van der Waals surface area contributed by atoms with Crippen molar-refractivity contribution in [1.82, 2.24) is 10.2 Å². The van der Waals surface area contributed by atoms with Gasteiger partial charge in [-0.2, -0.15) is 0 Å². The standard InChI is InChI=1S/C8H12N2O4/c1-3-6(11)9-4-7(12)10(2)5-8(13)14/h3H,1,4-5H2,2H3,(H,9,11)(H,13,14). The van der Waals surface area contributed by atoms with Crippen LogP contribution in [0.15, 0.2) is 12.7 Å². The number of nitrogens with zero attached hydrogens (tertiary/aromatic N) is 1. The minimum absolute atomic E-state index is 0.228. The Morgan fingerprint density at radius 2 is 2.07 bits per heavy atom. The van der Waals surface area contributed by atoms with Crippen LogP contribution in [-0.2, 0) is 14.4 Å². The van der Waals surface area contributed by atoms with E-state index in [0.29, 0.717) is 0 Å². The van der Waals surface area contributed by atoms with Crippen LogP contribution >= 0.6 is 0 Å². The molecule has 0 aliphatic rings. The van der Waals surface area contributed by atoms with Crippen LogP contribution < -0.4 is 5.32 Å². The molecule has 2 amide bonds. The second-order valence-corrected chi connectivity index (χ2v) is 2.57. The van der Waals surface area contributed by atoms with E-state index >= 15 is 0 Å². The number of aliphatic carboxylic acids is 1. The molecule has 0 aliphatic heterocycles. The molecule has 0 heterocycles. The highest BCUT2D eigenvalue weighted by molar-refractivity contribution is 5.91. The summed E-state index contributed by atoms with van der Waals surface area (Å²) in [6.07, 6.45) is 1.03. The van der Waals surface area contributed by atoms with Crippen molar-refractivity contribution in [2.45, 2.75) is 0 Å². The Kier molecular flexibility index (Phi) is 4.98. The fourth-order valence-corrected chi connectivity index (χ4v) is 0.661. The summed E-state index contributed by atoms with van der Waals surface area (Å²) in [5, 5.41) is 10.6. The van der Waals surface area contributed by atoms with Gasteiger partial charge in [-0.25, -0.2) is 0 Å². The normalized spacial score (nSPS) is 8.93. The molecule has 0 spiro atoms. The second-order valence-electron chi connectivity index (χ2n) is 2.57. The van der Waals surface area contributed by atoms with Gasteiger partial charge in [0.25, 0.3) is 0 Å². The Morgan fingerprint density at radius 3 is 2.50 bits per heavy atom. The predicted molar refractivity (Wildman–Crippen MR) is 48.5 cm³/mol. The first-order valence-electron chi connectivity index (χ1n) is 3.83. The maximum atomic E-state index is 11.1. The molecular formula is C8H12N2O4. The summed E-state index contributed by atoms with van der Waals surface area (Å²) in [6, 6.07) is 0. The van der Waals surface area contributed by atoms with E-state index in [4.69, 9.17) is 5.11 Å². The summed E-state index contributed by atoms with van der Waals surface area (Å²) in [5.41, 5.74) is 0. The molecule has 0 bridgehead atoms. The third-order valence-electron chi connectivity index (χ3n) is 1.40. The first-order valence-corrected chi connectivity index (χ1v) is 3.83. The van der Waals surface area contributed by atoms with Gasteiger partial charge < -0.3 is 15.3 Å². The van der Waals surface area contributed by atoms with Crippen LogP contribution in [0.25, 0.3) is 0 Å². The van der Waals surface area contributed by atoms with Crippen LogP contribution in [-0.4, -0.2) is 47.9 Å². The Bertz CT molecular complexity index is 262. The van der Waals surface area contributed by atoms with E-state index in [9.17, 15) is 14.4 Å². The van der Waals surface area contributed by atoms with Crippen molar-refractivity contribution in [3.63, 3.8) is 0 Å². The molecule has 14 heavy (non-hydrogen) atoms. The van der Waals surface area contributed by atoms with E-state index in [0.717, 1.165) is 11.0 Å². The number of carboxylic acids is 1. The Hall–Kier alpha value is -1.85. The number of carbonyl (C=O) groups excluding carboxylic acids is 2. The largest absolute Gasteiger partial charge is 0.480 e. The molecule has 6 nitrogen and oxygen atoms in total. The first kappa shape index (κ1) is 12.2. The summed E-state index contributed by atoms with van der Waals surface area (Å²) >= 11 is 0. The minimum atomic E-state index is -1.10. The smallest absolute Gasteiger partial charge is 0.323 e. The minimum Gasteiger partial charge on any atom is -0.480 e. The lowest BCUT2D eigenvalue weighted by Crippen LogP contribution is -2.39. The van der Waals surface area contributed by atoms with E-state index in [2.05, 4.69) is 11.9 Å². The van der Waals surface area contributed by atoms with Gasteiger partial charge in [0.1, 0.15) is 6.54 Å². The predicted octanol–water partition coefficient (Wildman–Crippen LogP) is -1.17. The number of likely N-dealkylation sites (N-methyl/N-ethyl adjacent to an activating group) is 1. The average molecular weight is 200 g/mol. The lowest BCUT2D eigenvalue weighted by Gasteiger charge is -2.14. The molecule has 0 atom stereocenters. The summed E-state index contributed by atoms with van der Waals surface area (Å²) in [6.45, 7) is 2.59. The van der Waals surface area contributed by atoms with Crippen LogP contribution in [0.4, 0.5) is 0 Å². The van der Waals surface area contributed by atoms with Gasteiger partial charge in [0.15, 0.2) is 0 Å². The van der Waals surface area contributed by atoms with Crippen molar-refractivity contribution in [3.05, 3.63) is 12.7 Å². The van der Waals surface area contributed by atoms with E-state index < -0.39 is 17.8 Å². The third-order valence-corrected chi connectivity index (χ3v) is 1.40. The monoisotopic (exact) mass is 200 g/mol. The molecule has 6 heteroatoms. The van der Waals surface area contributed by atoms with Crippen LogP contribution in [0.3, 0.4) is 0 Å². The Morgan fingerprint density at radius 1 is 1.50 bits per heavy atom. The highest BCUT2D eigenvalue weighted by Gasteiger charge is 2.11. The van der Waals surface area contributed by atoms with E-state index in [1.54, 1.807) is 0 Å². The van der Waals surface area contributed by atoms with Gasteiger partial charge in [0.05, 0.1) is 6.54 Å². The van der Waals surface area contributed by atoms with Gasteiger partial charge in [-0.1, -0.05) is 6.58 Å².